The second-order valence-electron chi connectivity index (χ2n) is 20.3. The molecule has 0 aromatic heterocycles. The standard InChI is InChI=1S/C68H46F6O13S2/c1-41-3-6-44(7-4-41)63(75)46-13-23-52(24-14-46)84-55-29-19-50(20-30-55)66(67(69,70)71,68(72,73)74)51-21-31-56(32-22-51)85-53-25-15-47(16-26-53)64(76)45-11-9-43(10-12-45)49-8-5-42(2)60(39-49)65(77)48-17-27-54(28-18-48)86-58-35-38-61(62(40-58)89(81,82)83)87-57-33-36-59(37-34-57)88(78,79)80/h3-40H,1-2H3,(H,78,79,80)(H,81,82,83). The third-order valence-corrected chi connectivity index (χ3v) is 16.0. The number of carbonyl (C=O) groups excluding carboxylic acids is 3. The van der Waals surface area contributed by atoms with Gasteiger partial charge in [-0.15, -0.1) is 0 Å². The number of alkyl halides is 6. The number of hydrogen-bond acceptors (Lipinski definition) is 11. The molecule has 0 bridgehead atoms. The molecule has 0 amide bonds. The van der Waals surface area contributed by atoms with Crippen molar-refractivity contribution in [1.29, 1.82) is 0 Å². The zero-order valence-corrected chi connectivity index (χ0v) is 48.0. The fraction of sp³-hybridized carbons (Fsp3) is 0.0735. The molecule has 0 aliphatic heterocycles. The van der Waals surface area contributed by atoms with Crippen LogP contribution in [0.15, 0.2) is 240 Å². The molecule has 10 rings (SSSR count). The molecule has 0 radical (unpaired) electrons. The van der Waals surface area contributed by atoms with Gasteiger partial charge in [0.15, 0.2) is 17.3 Å². The fourth-order valence-electron chi connectivity index (χ4n) is 9.66. The average Bonchev–Trinajstić information content (AvgIpc) is 0.796. The lowest BCUT2D eigenvalue weighted by Crippen LogP contribution is -2.54. The molecule has 21 heteroatoms. The van der Waals surface area contributed by atoms with Crippen molar-refractivity contribution < 1.29 is 85.6 Å². The highest BCUT2D eigenvalue weighted by molar-refractivity contribution is 7.86. The second-order valence-corrected chi connectivity index (χ2v) is 23.1. The molecule has 0 aliphatic rings. The molecular weight excluding hydrogens is 1200 g/mol. The minimum absolute atomic E-state index is 0.0104. The quantitative estimate of drug-likeness (QED) is 0.0441. The summed E-state index contributed by atoms with van der Waals surface area (Å²) in [5, 5.41) is 0. The van der Waals surface area contributed by atoms with Crippen molar-refractivity contribution in [1.82, 2.24) is 0 Å². The molecule has 0 fully saturated rings. The summed E-state index contributed by atoms with van der Waals surface area (Å²) in [6, 6.07) is 51.1. The van der Waals surface area contributed by atoms with Crippen LogP contribution < -0.4 is 18.9 Å². The van der Waals surface area contributed by atoms with Crippen molar-refractivity contribution in [2.45, 2.75) is 41.4 Å². The van der Waals surface area contributed by atoms with Crippen LogP contribution in [-0.2, 0) is 25.7 Å². The number of ketones is 3. The Morgan fingerprint density at radius 1 is 0.360 bits per heavy atom. The Hall–Kier alpha value is -10.2. The molecule has 0 aliphatic carbocycles. The summed E-state index contributed by atoms with van der Waals surface area (Å²) < 4.78 is 180. The zero-order valence-electron chi connectivity index (χ0n) is 46.4. The Labute approximate surface area is 505 Å². The molecule has 89 heavy (non-hydrogen) atoms. The molecular formula is C68H46F6O13S2. The minimum atomic E-state index is -5.87. The molecule has 0 atom stereocenters. The number of aryl methyl sites for hydroxylation is 2. The molecule has 0 saturated carbocycles. The van der Waals surface area contributed by atoms with Crippen LogP contribution in [0, 0.1) is 13.8 Å². The van der Waals surface area contributed by atoms with Crippen LogP contribution in [0.4, 0.5) is 26.3 Å². The van der Waals surface area contributed by atoms with Gasteiger partial charge in [-0.3, -0.25) is 23.5 Å². The van der Waals surface area contributed by atoms with Crippen LogP contribution in [0.25, 0.3) is 11.1 Å². The Balaban J connectivity index is 0.768. The lowest BCUT2D eigenvalue weighted by molar-refractivity contribution is -0.288. The summed E-state index contributed by atoms with van der Waals surface area (Å²) in [7, 11) is -9.38. The topological polar surface area (TPSA) is 197 Å². The molecule has 10 aromatic carbocycles. The Morgan fingerprint density at radius 3 is 1.10 bits per heavy atom. The van der Waals surface area contributed by atoms with E-state index in [0.717, 1.165) is 48.0 Å². The van der Waals surface area contributed by atoms with Crippen molar-refractivity contribution in [3.05, 3.63) is 286 Å². The lowest BCUT2D eigenvalue weighted by Gasteiger charge is -2.38. The summed E-state index contributed by atoms with van der Waals surface area (Å²) in [5.74, 6) is -0.973. The van der Waals surface area contributed by atoms with Gasteiger partial charge in [0.2, 0.25) is 5.41 Å². The first-order valence-electron chi connectivity index (χ1n) is 26.6. The average molecular weight is 1250 g/mol. The van der Waals surface area contributed by atoms with E-state index >= 15 is 26.3 Å². The van der Waals surface area contributed by atoms with Gasteiger partial charge in [-0.05, 0) is 181 Å². The van der Waals surface area contributed by atoms with Crippen molar-refractivity contribution in [2.75, 3.05) is 0 Å². The molecule has 0 heterocycles. The maximum absolute atomic E-state index is 15.1. The smallest absolute Gasteiger partial charge is 0.411 e. The summed E-state index contributed by atoms with van der Waals surface area (Å²) in [5.41, 5.74) is -1.76. The van der Waals surface area contributed by atoms with E-state index in [1.165, 1.54) is 97.1 Å². The summed E-state index contributed by atoms with van der Waals surface area (Å²) in [6.45, 7) is 3.64. The van der Waals surface area contributed by atoms with E-state index in [4.69, 9.17) is 18.9 Å². The van der Waals surface area contributed by atoms with Crippen molar-refractivity contribution in [3.8, 4) is 57.1 Å². The van der Waals surface area contributed by atoms with Crippen molar-refractivity contribution in [2.24, 2.45) is 0 Å². The SMILES string of the molecule is Cc1ccc(C(=O)c2ccc(Oc3ccc(C(c4ccc(Oc5ccc(C(=O)c6ccc(-c7ccc(C)c(C(=O)c8ccc(Oc9ccc(Oc%10ccc(S(=O)(=O)O)cc%10)c(S(=O)(=O)O)c9)cc8)c7)cc6)cc5)cc4)(C(F)(F)F)C(F)(F)F)cc3)cc2)cc1. The first-order chi connectivity index (χ1) is 42.1. The number of benzene rings is 10. The first kappa shape index (κ1) is 61.9. The molecule has 10 aromatic rings. The Bertz CT molecular complexity index is 4510. The van der Waals surface area contributed by atoms with E-state index in [1.807, 2.05) is 13.0 Å². The second kappa shape index (κ2) is 24.5. The molecule has 0 saturated heterocycles. The van der Waals surface area contributed by atoms with Gasteiger partial charge in [0.05, 0.1) is 4.90 Å². The van der Waals surface area contributed by atoms with Crippen LogP contribution in [0.3, 0.4) is 0 Å². The number of rotatable bonds is 19. The van der Waals surface area contributed by atoms with Gasteiger partial charge >= 0.3 is 12.4 Å². The number of ether oxygens (including phenoxy) is 4. The van der Waals surface area contributed by atoms with Gasteiger partial charge in [0, 0.05) is 39.4 Å². The van der Waals surface area contributed by atoms with Crippen LogP contribution in [0.1, 0.15) is 70.0 Å². The Kier molecular flexibility index (Phi) is 17.1. The van der Waals surface area contributed by atoms with Gasteiger partial charge in [-0.25, -0.2) is 0 Å². The highest BCUT2D eigenvalue weighted by atomic mass is 32.2. The molecule has 2 N–H and O–H groups in total. The maximum atomic E-state index is 15.1. The highest BCUT2D eigenvalue weighted by Gasteiger charge is 2.72. The van der Waals surface area contributed by atoms with Crippen LogP contribution in [0.2, 0.25) is 0 Å². The van der Waals surface area contributed by atoms with Gasteiger partial charge in [-0.2, -0.15) is 43.2 Å². The first-order valence-corrected chi connectivity index (χ1v) is 29.5. The monoisotopic (exact) mass is 1250 g/mol. The third-order valence-electron chi connectivity index (χ3n) is 14.3. The van der Waals surface area contributed by atoms with E-state index < -0.39 is 58.9 Å². The van der Waals surface area contributed by atoms with Gasteiger partial charge in [0.25, 0.3) is 20.2 Å². The predicted molar refractivity (Wildman–Crippen MR) is 316 cm³/mol. The maximum Gasteiger partial charge on any atom is 0.411 e. The largest absolute Gasteiger partial charge is 0.457 e. The lowest BCUT2D eigenvalue weighted by atomic mass is 9.73. The van der Waals surface area contributed by atoms with Crippen molar-refractivity contribution >= 4 is 37.6 Å². The van der Waals surface area contributed by atoms with E-state index in [-0.39, 0.29) is 74.5 Å². The third kappa shape index (κ3) is 13.5. The summed E-state index contributed by atoms with van der Waals surface area (Å²) >= 11 is 0. The van der Waals surface area contributed by atoms with Crippen LogP contribution >= 0.6 is 0 Å². The fourth-order valence-corrected chi connectivity index (χ4v) is 10.8. The number of carbonyl (C=O) groups is 3. The zero-order chi connectivity index (χ0) is 63.6. The number of hydrogen-bond donors (Lipinski definition) is 2. The molecule has 0 spiro atoms. The van der Waals surface area contributed by atoms with Crippen LogP contribution in [-0.4, -0.2) is 55.6 Å². The summed E-state index contributed by atoms with van der Waals surface area (Å²) in [6.07, 6.45) is -11.7. The van der Waals surface area contributed by atoms with Gasteiger partial charge in [-0.1, -0.05) is 90.5 Å². The van der Waals surface area contributed by atoms with E-state index in [2.05, 4.69) is 0 Å². The van der Waals surface area contributed by atoms with Crippen molar-refractivity contribution in [3.63, 3.8) is 0 Å². The predicted octanol–water partition coefficient (Wildman–Crippen LogP) is 16.7. The summed E-state index contributed by atoms with van der Waals surface area (Å²) in [4.78, 5) is 39.3. The van der Waals surface area contributed by atoms with Gasteiger partial charge < -0.3 is 18.9 Å². The van der Waals surface area contributed by atoms with E-state index in [1.54, 1.807) is 67.6 Å². The van der Waals surface area contributed by atoms with E-state index in [0.29, 0.717) is 63.2 Å². The van der Waals surface area contributed by atoms with E-state index in [9.17, 15) is 40.3 Å². The normalized spacial score (nSPS) is 12.0. The number of halogens is 6. The van der Waals surface area contributed by atoms with Gasteiger partial charge in [0.1, 0.15) is 50.9 Å². The Morgan fingerprint density at radius 2 is 0.697 bits per heavy atom. The molecule has 13 nitrogen and oxygen atoms in total. The molecule has 0 unspecified atom stereocenters. The minimum Gasteiger partial charge on any atom is -0.457 e. The molecule has 450 valence electrons. The van der Waals surface area contributed by atoms with Crippen LogP contribution in [0.5, 0.6) is 46.0 Å². The highest BCUT2D eigenvalue weighted by Crippen LogP contribution is 2.56.